The van der Waals surface area contributed by atoms with Gasteiger partial charge in [0.25, 0.3) is 11.3 Å². The Morgan fingerprint density at radius 2 is 1.33 bits per heavy atom. The Hall–Kier alpha value is -3.27. The Labute approximate surface area is 171 Å². The van der Waals surface area contributed by atoms with Crippen LogP contribution in [0.1, 0.15) is 10.4 Å². The Morgan fingerprint density at radius 1 is 0.867 bits per heavy atom. The standard InChI is InChI=1S/C20H16F3N3O3S/c1-25-17(15(16(27)20(21,22)23)18(28)26(2)19(25)29)24-30(13-9-5-3-6-10-13)14-11-7-4-8-12-14/h3-12H,1-2H3. The second-order valence-corrected chi connectivity index (χ2v) is 7.93. The van der Waals surface area contributed by atoms with Gasteiger partial charge in [-0.3, -0.25) is 18.7 Å². The molecule has 3 rings (SSSR count). The van der Waals surface area contributed by atoms with Crippen LogP contribution in [0.5, 0.6) is 0 Å². The monoisotopic (exact) mass is 435 g/mol. The van der Waals surface area contributed by atoms with E-state index in [0.717, 1.165) is 11.6 Å². The quantitative estimate of drug-likeness (QED) is 0.590. The van der Waals surface area contributed by atoms with E-state index in [1.54, 1.807) is 60.7 Å². The summed E-state index contributed by atoms with van der Waals surface area (Å²) in [4.78, 5) is 38.2. The molecule has 0 saturated heterocycles. The second kappa shape index (κ2) is 8.23. The number of halogens is 3. The summed E-state index contributed by atoms with van der Waals surface area (Å²) in [5, 5.41) is 0. The fraction of sp³-hybridized carbons (Fsp3) is 0.150. The van der Waals surface area contributed by atoms with Crippen molar-refractivity contribution in [1.29, 1.82) is 0 Å². The molecule has 2 aromatic carbocycles. The number of benzene rings is 2. The normalized spacial score (nSPS) is 11.5. The van der Waals surface area contributed by atoms with E-state index in [9.17, 15) is 27.6 Å². The van der Waals surface area contributed by atoms with Gasteiger partial charge in [0.15, 0.2) is 5.82 Å². The Bertz CT molecular complexity index is 1210. The molecular formula is C20H16F3N3O3S. The van der Waals surface area contributed by atoms with E-state index in [0.29, 0.717) is 14.4 Å². The maximum Gasteiger partial charge on any atom is 0.455 e. The average Bonchev–Trinajstić information content (AvgIpc) is 2.74. The lowest BCUT2D eigenvalue weighted by molar-refractivity contribution is -0.0886. The summed E-state index contributed by atoms with van der Waals surface area (Å²) < 4.78 is 45.2. The van der Waals surface area contributed by atoms with E-state index in [2.05, 4.69) is 4.36 Å². The van der Waals surface area contributed by atoms with Gasteiger partial charge in [-0.25, -0.2) is 4.79 Å². The first kappa shape index (κ1) is 21.4. The predicted octanol–water partition coefficient (Wildman–Crippen LogP) is 3.38. The summed E-state index contributed by atoms with van der Waals surface area (Å²) in [6.07, 6.45) is -5.30. The van der Waals surface area contributed by atoms with Crippen LogP contribution in [0.15, 0.2) is 84.4 Å². The van der Waals surface area contributed by atoms with Crippen LogP contribution in [0.25, 0.3) is 0 Å². The van der Waals surface area contributed by atoms with E-state index in [4.69, 9.17) is 0 Å². The molecule has 0 saturated carbocycles. The number of Topliss-reactive ketones (excluding diaryl/α,β-unsaturated/α-hetero) is 1. The first-order valence-electron chi connectivity index (χ1n) is 8.60. The van der Waals surface area contributed by atoms with Gasteiger partial charge in [0.2, 0.25) is 0 Å². The third kappa shape index (κ3) is 4.04. The van der Waals surface area contributed by atoms with Crippen molar-refractivity contribution in [1.82, 2.24) is 9.13 Å². The third-order valence-corrected chi connectivity index (χ3v) is 6.02. The van der Waals surface area contributed by atoms with Gasteiger partial charge in [0.1, 0.15) is 5.56 Å². The highest BCUT2D eigenvalue weighted by Gasteiger charge is 2.43. The van der Waals surface area contributed by atoms with Gasteiger partial charge in [-0.2, -0.15) is 17.5 Å². The molecule has 0 fully saturated rings. The summed E-state index contributed by atoms with van der Waals surface area (Å²) in [7, 11) is 0.990. The first-order chi connectivity index (χ1) is 14.1. The first-order valence-corrected chi connectivity index (χ1v) is 9.79. The molecule has 1 aromatic heterocycles. The number of aromatic nitrogens is 2. The van der Waals surface area contributed by atoms with Gasteiger partial charge in [0.05, 0.1) is 0 Å². The molecule has 0 spiro atoms. The van der Waals surface area contributed by atoms with Crippen LogP contribution in [0.4, 0.5) is 19.0 Å². The largest absolute Gasteiger partial charge is 0.455 e. The van der Waals surface area contributed by atoms with Crippen molar-refractivity contribution in [2.75, 3.05) is 0 Å². The van der Waals surface area contributed by atoms with Gasteiger partial charge in [-0.05, 0) is 35.0 Å². The average molecular weight is 435 g/mol. The molecule has 10 heteroatoms. The highest BCUT2D eigenvalue weighted by atomic mass is 32.2. The van der Waals surface area contributed by atoms with Gasteiger partial charge in [-0.1, -0.05) is 36.4 Å². The Balaban J connectivity index is 2.43. The van der Waals surface area contributed by atoms with Crippen molar-refractivity contribution in [3.8, 4) is 0 Å². The number of ketones is 1. The van der Waals surface area contributed by atoms with Crippen LogP contribution >= 0.6 is 0 Å². The highest BCUT2D eigenvalue weighted by molar-refractivity contribution is 7.87. The van der Waals surface area contributed by atoms with Crippen LogP contribution in [-0.4, -0.2) is 21.1 Å². The van der Waals surface area contributed by atoms with Crippen molar-refractivity contribution in [3.05, 3.63) is 87.1 Å². The molecule has 0 amide bonds. The molecule has 1 heterocycles. The number of rotatable bonds is 4. The number of hydrogen-bond donors (Lipinski definition) is 0. The van der Waals surface area contributed by atoms with E-state index in [1.807, 2.05) is 0 Å². The molecule has 0 bridgehead atoms. The summed E-state index contributed by atoms with van der Waals surface area (Å²) in [6, 6.07) is 17.4. The molecule has 0 aliphatic carbocycles. The second-order valence-electron chi connectivity index (χ2n) is 6.23. The van der Waals surface area contributed by atoms with E-state index >= 15 is 0 Å². The number of hydrogen-bond acceptors (Lipinski definition) is 4. The zero-order valence-corrected chi connectivity index (χ0v) is 16.7. The molecule has 6 nitrogen and oxygen atoms in total. The summed E-state index contributed by atoms with van der Waals surface area (Å²) >= 11 is 0. The molecule has 3 aromatic rings. The van der Waals surface area contributed by atoms with Crippen molar-refractivity contribution in [3.63, 3.8) is 0 Å². The maximum absolute atomic E-state index is 13.2. The number of nitrogens with zero attached hydrogens (tertiary/aromatic N) is 3. The number of carbonyl (C=O) groups is 1. The van der Waals surface area contributed by atoms with Crippen LogP contribution < -0.4 is 11.2 Å². The fourth-order valence-electron chi connectivity index (χ4n) is 2.71. The minimum Gasteiger partial charge on any atom is -0.284 e. The lowest BCUT2D eigenvalue weighted by Gasteiger charge is -2.15. The van der Waals surface area contributed by atoms with E-state index in [-0.39, 0.29) is 0 Å². The molecule has 0 N–H and O–H groups in total. The molecule has 156 valence electrons. The molecule has 0 radical (unpaired) electrons. The van der Waals surface area contributed by atoms with Crippen LogP contribution in [0.3, 0.4) is 0 Å². The fourth-order valence-corrected chi connectivity index (χ4v) is 4.41. The summed E-state index contributed by atoms with van der Waals surface area (Å²) in [5.41, 5.74) is -3.41. The maximum atomic E-state index is 13.2. The van der Waals surface area contributed by atoms with Gasteiger partial charge in [0, 0.05) is 23.9 Å². The SMILES string of the molecule is Cn1c(N=S(c2ccccc2)c2ccccc2)c(C(=O)C(F)(F)F)c(=O)n(C)c1=O. The number of alkyl halides is 3. The third-order valence-electron chi connectivity index (χ3n) is 4.23. The molecular weight excluding hydrogens is 419 g/mol. The highest BCUT2D eigenvalue weighted by Crippen LogP contribution is 2.28. The van der Waals surface area contributed by atoms with Crippen molar-refractivity contribution in [2.24, 2.45) is 18.5 Å². The van der Waals surface area contributed by atoms with Gasteiger partial charge < -0.3 is 0 Å². The van der Waals surface area contributed by atoms with Crippen molar-refractivity contribution >= 4 is 22.3 Å². The lowest BCUT2D eigenvalue weighted by Crippen LogP contribution is -2.42. The summed E-state index contributed by atoms with van der Waals surface area (Å²) in [5.74, 6) is -2.96. The lowest BCUT2D eigenvalue weighted by atomic mass is 10.2. The van der Waals surface area contributed by atoms with Gasteiger partial charge in [-0.15, -0.1) is 0 Å². The minimum atomic E-state index is -5.30. The van der Waals surface area contributed by atoms with Crippen LogP contribution in [0, 0.1) is 0 Å². The van der Waals surface area contributed by atoms with Crippen LogP contribution in [-0.2, 0) is 24.8 Å². The smallest absolute Gasteiger partial charge is 0.284 e. The summed E-state index contributed by atoms with van der Waals surface area (Å²) in [6.45, 7) is 0. The van der Waals surface area contributed by atoms with Gasteiger partial charge >= 0.3 is 11.9 Å². The van der Waals surface area contributed by atoms with E-state index < -0.39 is 45.3 Å². The Kier molecular flexibility index (Phi) is 5.88. The minimum absolute atomic E-state index is 0.459. The van der Waals surface area contributed by atoms with Crippen molar-refractivity contribution in [2.45, 2.75) is 16.0 Å². The molecule has 30 heavy (non-hydrogen) atoms. The topological polar surface area (TPSA) is 73.4 Å². The molecule has 0 atom stereocenters. The molecule has 0 aliphatic rings. The molecule has 0 aliphatic heterocycles. The number of carbonyl (C=O) groups excluding carboxylic acids is 1. The zero-order chi connectivity index (χ0) is 22.1. The zero-order valence-electron chi connectivity index (χ0n) is 15.9. The Morgan fingerprint density at radius 3 is 1.77 bits per heavy atom. The predicted molar refractivity (Wildman–Crippen MR) is 106 cm³/mol. The van der Waals surface area contributed by atoms with Crippen LogP contribution in [0.2, 0.25) is 0 Å². The molecule has 0 unspecified atom stereocenters. The van der Waals surface area contributed by atoms with E-state index in [1.165, 1.54) is 7.05 Å². The van der Waals surface area contributed by atoms with Crippen molar-refractivity contribution < 1.29 is 18.0 Å².